The van der Waals surface area contributed by atoms with Crippen LogP contribution in [0, 0.1) is 13.8 Å². The number of aryl methyl sites for hydroxylation is 2. The monoisotopic (exact) mass is 455 g/mol. The van der Waals surface area contributed by atoms with Gasteiger partial charge < -0.3 is 19.3 Å². The van der Waals surface area contributed by atoms with Crippen LogP contribution in [0.5, 0.6) is 0 Å². The van der Waals surface area contributed by atoms with Crippen LogP contribution in [0.25, 0.3) is 0 Å². The summed E-state index contributed by atoms with van der Waals surface area (Å²) < 4.78 is 15.0. The molecule has 0 fully saturated rings. The molecule has 9 nitrogen and oxygen atoms in total. The van der Waals surface area contributed by atoms with Crippen molar-refractivity contribution in [2.45, 2.75) is 24.6 Å². The number of ether oxygens (including phenoxy) is 2. The van der Waals surface area contributed by atoms with Crippen molar-refractivity contribution in [3.8, 4) is 0 Å². The Balaban J connectivity index is 1.59. The summed E-state index contributed by atoms with van der Waals surface area (Å²) in [6.07, 6.45) is 1.58. The summed E-state index contributed by atoms with van der Waals surface area (Å²) in [5.74, 6) is -0.504. The van der Waals surface area contributed by atoms with Crippen LogP contribution >= 0.6 is 11.8 Å². The van der Waals surface area contributed by atoms with Crippen molar-refractivity contribution in [1.82, 2.24) is 10.1 Å². The Labute approximate surface area is 188 Å². The van der Waals surface area contributed by atoms with E-state index in [1.165, 1.54) is 24.9 Å². The quantitative estimate of drug-likeness (QED) is 0.401. The molecule has 10 heteroatoms. The molecule has 0 radical (unpaired) electrons. The molecule has 166 valence electrons. The molecule has 0 aliphatic heterocycles. The molecule has 2 heterocycles. The van der Waals surface area contributed by atoms with Crippen molar-refractivity contribution in [3.05, 3.63) is 70.7 Å². The maximum absolute atomic E-state index is 12.6. The predicted octanol–water partition coefficient (Wildman–Crippen LogP) is 3.56. The SMILES string of the molecule is COC(=O)c1cccc(NC(=O)COC(=O)c2cccnc2SCc2c(C)noc2C)c1. The van der Waals surface area contributed by atoms with Crippen LogP contribution in [-0.2, 0) is 20.0 Å². The van der Waals surface area contributed by atoms with E-state index in [2.05, 4.69) is 20.2 Å². The van der Waals surface area contributed by atoms with E-state index in [0.29, 0.717) is 22.2 Å². The number of hydrogen-bond acceptors (Lipinski definition) is 9. The van der Waals surface area contributed by atoms with Crippen molar-refractivity contribution in [3.63, 3.8) is 0 Å². The molecule has 0 bridgehead atoms. The minimum Gasteiger partial charge on any atom is -0.465 e. The Bertz CT molecular complexity index is 1120. The lowest BCUT2D eigenvalue weighted by Crippen LogP contribution is -2.21. The highest BCUT2D eigenvalue weighted by molar-refractivity contribution is 7.98. The van der Waals surface area contributed by atoms with Gasteiger partial charge in [-0.15, -0.1) is 11.8 Å². The lowest BCUT2D eigenvalue weighted by Gasteiger charge is -2.09. The number of rotatable bonds is 8. The smallest absolute Gasteiger partial charge is 0.341 e. The molecule has 1 N–H and O–H groups in total. The van der Waals surface area contributed by atoms with Crippen LogP contribution in [-0.4, -0.2) is 41.7 Å². The minimum absolute atomic E-state index is 0.254. The number of carbonyl (C=O) groups excluding carboxylic acids is 3. The van der Waals surface area contributed by atoms with Gasteiger partial charge in [0.2, 0.25) is 0 Å². The number of benzene rings is 1. The number of aromatic nitrogens is 2. The first kappa shape index (κ1) is 23.0. The molecule has 1 aromatic carbocycles. The van der Waals surface area contributed by atoms with E-state index in [1.807, 2.05) is 13.8 Å². The van der Waals surface area contributed by atoms with Gasteiger partial charge in [-0.1, -0.05) is 11.2 Å². The highest BCUT2D eigenvalue weighted by Crippen LogP contribution is 2.27. The van der Waals surface area contributed by atoms with E-state index < -0.39 is 24.5 Å². The molecule has 0 aliphatic carbocycles. The summed E-state index contributed by atoms with van der Waals surface area (Å²) in [6, 6.07) is 9.45. The molecule has 0 saturated carbocycles. The summed E-state index contributed by atoms with van der Waals surface area (Å²) in [7, 11) is 1.27. The van der Waals surface area contributed by atoms with E-state index in [1.54, 1.807) is 36.5 Å². The van der Waals surface area contributed by atoms with Crippen LogP contribution in [0.2, 0.25) is 0 Å². The minimum atomic E-state index is -0.669. The average molecular weight is 455 g/mol. The molecular formula is C22H21N3O6S. The number of methoxy groups -OCH3 is 1. The number of anilines is 1. The van der Waals surface area contributed by atoms with Crippen molar-refractivity contribution >= 4 is 35.3 Å². The van der Waals surface area contributed by atoms with Gasteiger partial charge in [-0.05, 0) is 44.2 Å². The highest BCUT2D eigenvalue weighted by atomic mass is 32.2. The van der Waals surface area contributed by atoms with Gasteiger partial charge in [-0.2, -0.15) is 0 Å². The van der Waals surface area contributed by atoms with Crippen molar-refractivity contribution in [2.24, 2.45) is 0 Å². The third-order valence-electron chi connectivity index (χ3n) is 4.43. The molecule has 3 aromatic rings. The molecule has 0 saturated heterocycles. The molecule has 0 spiro atoms. The fourth-order valence-electron chi connectivity index (χ4n) is 2.76. The summed E-state index contributed by atoms with van der Waals surface area (Å²) in [6.45, 7) is 3.17. The molecule has 0 aliphatic rings. The largest absolute Gasteiger partial charge is 0.465 e. The van der Waals surface area contributed by atoms with Crippen molar-refractivity contribution < 1.29 is 28.4 Å². The molecular weight excluding hydrogens is 434 g/mol. The third-order valence-corrected chi connectivity index (χ3v) is 5.46. The number of hydrogen-bond donors (Lipinski definition) is 1. The van der Waals surface area contributed by atoms with Gasteiger partial charge in [0.05, 0.1) is 23.9 Å². The Morgan fingerprint density at radius 3 is 2.66 bits per heavy atom. The summed E-state index contributed by atoms with van der Waals surface area (Å²) in [4.78, 5) is 40.6. The van der Waals surface area contributed by atoms with Crippen LogP contribution in [0.3, 0.4) is 0 Å². The van der Waals surface area contributed by atoms with E-state index in [4.69, 9.17) is 9.26 Å². The molecule has 0 unspecified atom stereocenters. The predicted molar refractivity (Wildman–Crippen MR) is 116 cm³/mol. The first-order valence-electron chi connectivity index (χ1n) is 9.54. The first-order chi connectivity index (χ1) is 15.4. The van der Waals surface area contributed by atoms with Crippen molar-refractivity contribution in [1.29, 1.82) is 0 Å². The summed E-state index contributed by atoms with van der Waals surface area (Å²) >= 11 is 1.35. The number of pyridine rings is 1. The van der Waals surface area contributed by atoms with Gasteiger partial charge in [0.15, 0.2) is 6.61 Å². The van der Waals surface area contributed by atoms with E-state index >= 15 is 0 Å². The molecule has 32 heavy (non-hydrogen) atoms. The van der Waals surface area contributed by atoms with Crippen LogP contribution in [0.1, 0.15) is 37.7 Å². The second-order valence-electron chi connectivity index (χ2n) is 6.64. The summed E-state index contributed by atoms with van der Waals surface area (Å²) in [5.41, 5.74) is 2.64. The Morgan fingerprint density at radius 2 is 1.94 bits per heavy atom. The number of thioether (sulfide) groups is 1. The lowest BCUT2D eigenvalue weighted by atomic mass is 10.2. The molecule has 3 rings (SSSR count). The average Bonchev–Trinajstić information content (AvgIpc) is 3.13. The number of nitrogens with zero attached hydrogens (tertiary/aromatic N) is 2. The molecule has 0 atom stereocenters. The van der Waals surface area contributed by atoms with Gasteiger partial charge in [-0.3, -0.25) is 4.79 Å². The number of esters is 2. The zero-order valence-corrected chi connectivity index (χ0v) is 18.5. The van der Waals surface area contributed by atoms with Crippen LogP contribution in [0.4, 0.5) is 5.69 Å². The molecule has 2 aromatic heterocycles. The standard InChI is InChI=1S/C22H21N3O6S/c1-13-18(14(2)31-25-13)12-32-20-17(8-5-9-23-20)22(28)30-11-19(26)24-16-7-4-6-15(10-16)21(27)29-3/h4-10H,11-12H2,1-3H3,(H,24,26). The third kappa shape index (κ3) is 5.73. The fraction of sp³-hybridized carbons (Fsp3) is 0.227. The van der Waals surface area contributed by atoms with E-state index in [9.17, 15) is 14.4 Å². The number of nitrogens with one attached hydrogen (secondary N) is 1. The first-order valence-corrected chi connectivity index (χ1v) is 10.5. The summed E-state index contributed by atoms with van der Waals surface area (Å²) in [5, 5.41) is 6.97. The maximum Gasteiger partial charge on any atom is 0.341 e. The normalized spacial score (nSPS) is 10.5. The van der Waals surface area contributed by atoms with Crippen LogP contribution in [0.15, 0.2) is 52.1 Å². The second-order valence-corrected chi connectivity index (χ2v) is 7.61. The fourth-order valence-corrected chi connectivity index (χ4v) is 3.89. The van der Waals surface area contributed by atoms with E-state index in [-0.39, 0.29) is 11.1 Å². The van der Waals surface area contributed by atoms with Gasteiger partial charge in [0, 0.05) is 23.2 Å². The van der Waals surface area contributed by atoms with Gasteiger partial charge in [0.25, 0.3) is 5.91 Å². The second kappa shape index (κ2) is 10.6. The molecule has 1 amide bonds. The van der Waals surface area contributed by atoms with Gasteiger partial charge in [-0.25, -0.2) is 14.6 Å². The topological polar surface area (TPSA) is 121 Å². The zero-order chi connectivity index (χ0) is 23.1. The Hall–Kier alpha value is -3.66. The highest BCUT2D eigenvalue weighted by Gasteiger charge is 2.18. The van der Waals surface area contributed by atoms with E-state index in [0.717, 1.165) is 11.3 Å². The van der Waals surface area contributed by atoms with Gasteiger partial charge >= 0.3 is 11.9 Å². The Morgan fingerprint density at radius 1 is 1.12 bits per heavy atom. The van der Waals surface area contributed by atoms with Crippen molar-refractivity contribution in [2.75, 3.05) is 19.0 Å². The maximum atomic E-state index is 12.6. The number of amides is 1. The van der Waals surface area contributed by atoms with Crippen LogP contribution < -0.4 is 5.32 Å². The lowest BCUT2D eigenvalue weighted by molar-refractivity contribution is -0.119. The number of carbonyl (C=O) groups is 3. The van der Waals surface area contributed by atoms with Gasteiger partial charge in [0.1, 0.15) is 10.8 Å². The zero-order valence-electron chi connectivity index (χ0n) is 17.7. The Kier molecular flexibility index (Phi) is 7.61.